The lowest BCUT2D eigenvalue weighted by Crippen LogP contribution is -2.49. The third-order valence-electron chi connectivity index (χ3n) is 6.99. The fraction of sp³-hybridized carbons (Fsp3) is 0.179. The number of para-hydroxylation sites is 1. The molecule has 0 spiro atoms. The Kier molecular flexibility index (Phi) is 5.58. The van der Waals surface area contributed by atoms with Crippen LogP contribution in [0, 0.1) is 16.7 Å². The molecule has 2 heterocycles. The molecule has 0 aromatic heterocycles. The number of nitrogens with zero attached hydrogens (tertiary/aromatic N) is 2. The van der Waals surface area contributed by atoms with Crippen molar-refractivity contribution in [3.63, 3.8) is 0 Å². The SMILES string of the molecule is COc1cccc(C(=O)[C@@H]2[C@H](c3ccc(Cl)cc3)[C@](C#N)(C(N)=O)[C@H]3C=Cc4ccccc4N23)c1. The Labute approximate surface area is 208 Å². The molecule has 0 bridgehead atoms. The minimum absolute atomic E-state index is 0.239. The van der Waals surface area contributed by atoms with Gasteiger partial charge in [-0.3, -0.25) is 9.59 Å². The van der Waals surface area contributed by atoms with Crippen LogP contribution in [0.5, 0.6) is 5.75 Å². The van der Waals surface area contributed by atoms with Crippen molar-refractivity contribution in [3.8, 4) is 11.8 Å². The molecule has 1 fully saturated rings. The molecule has 2 N–H and O–H groups in total. The lowest BCUT2D eigenvalue weighted by molar-refractivity contribution is -0.125. The molecule has 1 amide bonds. The van der Waals surface area contributed by atoms with E-state index in [4.69, 9.17) is 22.1 Å². The van der Waals surface area contributed by atoms with E-state index >= 15 is 0 Å². The van der Waals surface area contributed by atoms with Crippen LogP contribution in [0.2, 0.25) is 5.02 Å². The van der Waals surface area contributed by atoms with Gasteiger partial charge in [-0.15, -0.1) is 0 Å². The summed E-state index contributed by atoms with van der Waals surface area (Å²) in [5, 5.41) is 11.1. The first-order chi connectivity index (χ1) is 16.9. The number of anilines is 1. The molecular formula is C28H22ClN3O3. The highest BCUT2D eigenvalue weighted by molar-refractivity contribution is 6.30. The van der Waals surface area contributed by atoms with Gasteiger partial charge in [-0.05, 0) is 41.5 Å². The minimum atomic E-state index is -1.70. The first-order valence-corrected chi connectivity index (χ1v) is 11.5. The number of amides is 1. The van der Waals surface area contributed by atoms with E-state index < -0.39 is 29.3 Å². The van der Waals surface area contributed by atoms with Gasteiger partial charge >= 0.3 is 0 Å². The standard InChI is InChI=1S/C28H22ClN3O3/c1-35-21-7-4-6-19(15-21)26(33)25-24(18-9-12-20(29)13-10-18)28(16-30,27(31)34)23-14-11-17-5-2-3-8-22(17)32(23)25/h2-15,23-25H,1H3,(H2,31,34)/t23-,24+,25+,28-/m1/s1. The molecule has 0 unspecified atom stereocenters. The maximum atomic E-state index is 14.2. The number of benzene rings is 3. The lowest BCUT2D eigenvalue weighted by Gasteiger charge is -2.36. The number of ether oxygens (including phenoxy) is 1. The Morgan fingerprint density at radius 2 is 1.83 bits per heavy atom. The summed E-state index contributed by atoms with van der Waals surface area (Å²) in [6.45, 7) is 0. The average molecular weight is 484 g/mol. The van der Waals surface area contributed by atoms with E-state index in [0.717, 1.165) is 11.3 Å². The molecule has 35 heavy (non-hydrogen) atoms. The Morgan fingerprint density at radius 3 is 2.51 bits per heavy atom. The zero-order chi connectivity index (χ0) is 24.7. The molecule has 6 nitrogen and oxygen atoms in total. The van der Waals surface area contributed by atoms with E-state index in [1.807, 2.05) is 35.2 Å². The van der Waals surface area contributed by atoms with Crippen molar-refractivity contribution in [2.45, 2.75) is 18.0 Å². The lowest BCUT2D eigenvalue weighted by atomic mass is 9.67. The number of carbonyl (C=O) groups is 2. The Morgan fingerprint density at radius 1 is 1.09 bits per heavy atom. The Balaban J connectivity index is 1.80. The van der Waals surface area contributed by atoms with Crippen LogP contribution in [-0.2, 0) is 4.79 Å². The van der Waals surface area contributed by atoms with Crippen LogP contribution in [0.15, 0.2) is 78.9 Å². The summed E-state index contributed by atoms with van der Waals surface area (Å²) in [6, 6.07) is 22.0. The highest BCUT2D eigenvalue weighted by Gasteiger charge is 2.65. The van der Waals surface area contributed by atoms with Gasteiger partial charge in [0, 0.05) is 22.2 Å². The van der Waals surface area contributed by atoms with Crippen LogP contribution in [-0.4, -0.2) is 30.9 Å². The zero-order valence-electron chi connectivity index (χ0n) is 18.9. The molecule has 5 rings (SSSR count). The van der Waals surface area contributed by atoms with E-state index in [-0.39, 0.29) is 5.78 Å². The van der Waals surface area contributed by atoms with Crippen molar-refractivity contribution in [2.24, 2.45) is 11.1 Å². The van der Waals surface area contributed by atoms with Crippen molar-refractivity contribution < 1.29 is 14.3 Å². The van der Waals surface area contributed by atoms with Gasteiger partial charge in [0.15, 0.2) is 11.2 Å². The number of methoxy groups -OCH3 is 1. The molecular weight excluding hydrogens is 462 g/mol. The average Bonchev–Trinajstić information content (AvgIpc) is 3.20. The summed E-state index contributed by atoms with van der Waals surface area (Å²) in [7, 11) is 1.53. The summed E-state index contributed by atoms with van der Waals surface area (Å²) in [6.07, 6.45) is 3.68. The van der Waals surface area contributed by atoms with Gasteiger partial charge in [-0.1, -0.05) is 66.2 Å². The third-order valence-corrected chi connectivity index (χ3v) is 7.24. The molecule has 4 atom stereocenters. The number of nitrogens with two attached hydrogens (primary N) is 1. The molecule has 0 aliphatic carbocycles. The maximum Gasteiger partial charge on any atom is 0.241 e. The van der Waals surface area contributed by atoms with Gasteiger partial charge in [0.25, 0.3) is 0 Å². The first kappa shape index (κ1) is 22.7. The summed E-state index contributed by atoms with van der Waals surface area (Å²) in [5.41, 5.74) is 7.00. The zero-order valence-corrected chi connectivity index (χ0v) is 19.6. The molecule has 174 valence electrons. The van der Waals surface area contributed by atoms with Gasteiger partial charge in [-0.25, -0.2) is 0 Å². The van der Waals surface area contributed by atoms with E-state index in [0.29, 0.717) is 21.9 Å². The topological polar surface area (TPSA) is 96.4 Å². The quantitative estimate of drug-likeness (QED) is 0.535. The van der Waals surface area contributed by atoms with E-state index in [2.05, 4.69) is 6.07 Å². The van der Waals surface area contributed by atoms with Crippen molar-refractivity contribution in [1.82, 2.24) is 0 Å². The maximum absolute atomic E-state index is 14.2. The molecule has 2 aliphatic heterocycles. The molecule has 0 radical (unpaired) electrons. The van der Waals surface area contributed by atoms with Crippen molar-refractivity contribution in [1.29, 1.82) is 5.26 Å². The van der Waals surface area contributed by atoms with Crippen LogP contribution in [0.4, 0.5) is 5.69 Å². The Hall–Kier alpha value is -4.08. The summed E-state index contributed by atoms with van der Waals surface area (Å²) < 4.78 is 5.34. The van der Waals surface area contributed by atoms with Crippen molar-refractivity contribution in [3.05, 3.63) is 101 Å². The van der Waals surface area contributed by atoms with Crippen LogP contribution in [0.3, 0.4) is 0 Å². The number of nitriles is 1. The highest BCUT2D eigenvalue weighted by Crippen LogP contribution is 2.55. The van der Waals surface area contributed by atoms with Crippen LogP contribution < -0.4 is 15.4 Å². The number of carbonyl (C=O) groups excluding carboxylic acids is 2. The second-order valence-corrected chi connectivity index (χ2v) is 9.12. The second-order valence-electron chi connectivity index (χ2n) is 8.69. The van der Waals surface area contributed by atoms with Gasteiger partial charge in [-0.2, -0.15) is 5.26 Å². The minimum Gasteiger partial charge on any atom is -0.497 e. The summed E-state index contributed by atoms with van der Waals surface area (Å²) in [4.78, 5) is 29.3. The number of rotatable bonds is 5. The first-order valence-electron chi connectivity index (χ1n) is 11.1. The monoisotopic (exact) mass is 483 g/mol. The van der Waals surface area contributed by atoms with E-state index in [1.54, 1.807) is 54.6 Å². The van der Waals surface area contributed by atoms with Crippen molar-refractivity contribution in [2.75, 3.05) is 12.0 Å². The molecule has 0 saturated carbocycles. The van der Waals surface area contributed by atoms with Gasteiger partial charge < -0.3 is 15.4 Å². The second kappa shape index (κ2) is 8.61. The predicted molar refractivity (Wildman–Crippen MR) is 134 cm³/mol. The van der Waals surface area contributed by atoms with E-state index in [1.165, 1.54) is 7.11 Å². The van der Waals surface area contributed by atoms with Crippen LogP contribution in [0.25, 0.3) is 6.08 Å². The molecule has 1 saturated heterocycles. The van der Waals surface area contributed by atoms with Crippen molar-refractivity contribution >= 4 is 35.1 Å². The molecule has 2 aliphatic rings. The predicted octanol–water partition coefficient (Wildman–Crippen LogP) is 4.59. The van der Waals surface area contributed by atoms with Gasteiger partial charge in [0.2, 0.25) is 5.91 Å². The largest absolute Gasteiger partial charge is 0.497 e. The number of halogens is 1. The Bertz CT molecular complexity index is 1400. The highest BCUT2D eigenvalue weighted by atomic mass is 35.5. The fourth-order valence-electron chi connectivity index (χ4n) is 5.42. The number of ketones is 1. The van der Waals surface area contributed by atoms with Gasteiger partial charge in [0.1, 0.15) is 11.8 Å². The number of Topliss-reactive ketones (excluding diaryl/α,β-unsaturated/α-hetero) is 1. The third kappa shape index (κ3) is 3.39. The fourth-order valence-corrected chi connectivity index (χ4v) is 5.54. The smallest absolute Gasteiger partial charge is 0.241 e. The molecule has 3 aromatic rings. The number of primary amides is 1. The number of hydrogen-bond acceptors (Lipinski definition) is 5. The summed E-state index contributed by atoms with van der Waals surface area (Å²) >= 11 is 6.14. The van der Waals surface area contributed by atoms with Crippen LogP contribution in [0.1, 0.15) is 27.4 Å². The summed E-state index contributed by atoms with van der Waals surface area (Å²) in [5.74, 6) is -1.33. The van der Waals surface area contributed by atoms with E-state index in [9.17, 15) is 14.9 Å². The number of fused-ring (bicyclic) bond motifs is 3. The normalized spacial score (nSPS) is 24.3. The van der Waals surface area contributed by atoms with Crippen LogP contribution >= 0.6 is 11.6 Å². The number of hydrogen-bond donors (Lipinski definition) is 1. The van der Waals surface area contributed by atoms with Gasteiger partial charge in [0.05, 0.1) is 19.2 Å². The molecule has 3 aromatic carbocycles. The molecule has 7 heteroatoms.